The molecule has 0 bridgehead atoms. The standard InChI is InChI=1S/C48H29N3S/c1-3-14-30(15-4-1)38-28-41-42(29-39(38)37-23-13-22-36-35-21-10-12-25-45(35)52-47(36)37)49-48(50-46(41)31-16-5-2-6-17-31)51-43-24-11-9-20-34(43)40-26-32-18-7-8-19-33(32)27-44(40)51/h1-29H. The van der Waals surface area contributed by atoms with Gasteiger partial charge in [0.1, 0.15) is 0 Å². The lowest BCUT2D eigenvalue weighted by Crippen LogP contribution is -2.04. The normalized spacial score (nSPS) is 11.8. The Morgan fingerprint density at radius 1 is 0.404 bits per heavy atom. The molecule has 0 saturated carbocycles. The molecule has 0 amide bonds. The highest BCUT2D eigenvalue weighted by Gasteiger charge is 2.21. The Hall–Kier alpha value is -6.62. The van der Waals surface area contributed by atoms with Gasteiger partial charge in [0.2, 0.25) is 5.95 Å². The Morgan fingerprint density at radius 2 is 1.08 bits per heavy atom. The molecule has 3 nitrogen and oxygen atoms in total. The highest BCUT2D eigenvalue weighted by atomic mass is 32.1. The first-order valence-corrected chi connectivity index (χ1v) is 18.4. The van der Waals surface area contributed by atoms with Crippen LogP contribution in [0.5, 0.6) is 0 Å². The Labute approximate surface area is 303 Å². The highest BCUT2D eigenvalue weighted by molar-refractivity contribution is 7.26. The van der Waals surface area contributed by atoms with Crippen LogP contribution in [-0.2, 0) is 0 Å². The molecular formula is C48H29N3S. The van der Waals surface area contributed by atoms with Crippen LogP contribution < -0.4 is 0 Å². The zero-order valence-electron chi connectivity index (χ0n) is 28.0. The Balaban J connectivity index is 1.27. The molecule has 4 heteroatoms. The minimum absolute atomic E-state index is 0.659. The molecule has 11 aromatic rings. The summed E-state index contributed by atoms with van der Waals surface area (Å²) in [6.07, 6.45) is 0. The fourth-order valence-electron chi connectivity index (χ4n) is 7.99. The predicted molar refractivity (Wildman–Crippen MR) is 221 cm³/mol. The van der Waals surface area contributed by atoms with E-state index in [4.69, 9.17) is 9.97 Å². The van der Waals surface area contributed by atoms with E-state index in [9.17, 15) is 0 Å². The molecule has 3 heterocycles. The van der Waals surface area contributed by atoms with Crippen LogP contribution in [0.1, 0.15) is 0 Å². The SMILES string of the molecule is c1ccc(-c2cc3c(-c4ccccc4)nc(-n4c5ccccc5c5cc6ccccc6cc54)nc3cc2-c2cccc3c2sc2ccccc23)cc1. The molecule has 0 aliphatic rings. The Bertz CT molecular complexity index is 3180. The Kier molecular flexibility index (Phi) is 6.42. The predicted octanol–water partition coefficient (Wildman–Crippen LogP) is 13.2. The zero-order chi connectivity index (χ0) is 34.2. The first-order chi connectivity index (χ1) is 25.8. The van der Waals surface area contributed by atoms with E-state index >= 15 is 0 Å². The van der Waals surface area contributed by atoms with Gasteiger partial charge in [-0.25, -0.2) is 9.97 Å². The minimum atomic E-state index is 0.659. The van der Waals surface area contributed by atoms with Crippen LogP contribution in [0.2, 0.25) is 0 Å². The van der Waals surface area contributed by atoms with Gasteiger partial charge in [-0.05, 0) is 63.9 Å². The average Bonchev–Trinajstić information content (AvgIpc) is 3.75. The maximum Gasteiger partial charge on any atom is 0.235 e. The largest absolute Gasteiger partial charge is 0.278 e. The van der Waals surface area contributed by atoms with E-state index in [1.807, 2.05) is 11.3 Å². The number of aromatic nitrogens is 3. The van der Waals surface area contributed by atoms with Crippen molar-refractivity contribution in [1.82, 2.24) is 14.5 Å². The van der Waals surface area contributed by atoms with E-state index in [1.54, 1.807) is 0 Å². The van der Waals surface area contributed by atoms with Gasteiger partial charge in [0.15, 0.2) is 0 Å². The van der Waals surface area contributed by atoms with Crippen LogP contribution in [0.3, 0.4) is 0 Å². The van der Waals surface area contributed by atoms with Crippen molar-refractivity contribution >= 4 is 75.0 Å². The summed E-state index contributed by atoms with van der Waals surface area (Å²) in [5.41, 5.74) is 9.75. The van der Waals surface area contributed by atoms with E-state index in [0.29, 0.717) is 5.95 Å². The maximum absolute atomic E-state index is 5.48. The maximum atomic E-state index is 5.48. The zero-order valence-corrected chi connectivity index (χ0v) is 28.8. The number of para-hydroxylation sites is 1. The third-order valence-electron chi connectivity index (χ3n) is 10.4. The molecule has 242 valence electrons. The number of hydrogen-bond acceptors (Lipinski definition) is 3. The fraction of sp³-hybridized carbons (Fsp3) is 0. The van der Waals surface area contributed by atoms with Gasteiger partial charge in [-0.1, -0.05) is 140 Å². The molecule has 3 aromatic heterocycles. The van der Waals surface area contributed by atoms with Crippen molar-refractivity contribution in [2.75, 3.05) is 0 Å². The molecule has 0 spiro atoms. The van der Waals surface area contributed by atoms with Crippen molar-refractivity contribution in [3.63, 3.8) is 0 Å². The highest BCUT2D eigenvalue weighted by Crippen LogP contribution is 2.45. The molecule has 0 fully saturated rings. The van der Waals surface area contributed by atoms with Gasteiger partial charge in [0.25, 0.3) is 0 Å². The second-order valence-electron chi connectivity index (χ2n) is 13.4. The van der Waals surface area contributed by atoms with Gasteiger partial charge in [-0.3, -0.25) is 4.57 Å². The number of hydrogen-bond donors (Lipinski definition) is 0. The molecule has 11 rings (SSSR count). The number of benzene rings is 8. The molecule has 8 aromatic carbocycles. The topological polar surface area (TPSA) is 30.7 Å². The average molecular weight is 680 g/mol. The van der Waals surface area contributed by atoms with Crippen molar-refractivity contribution in [1.29, 1.82) is 0 Å². The third kappa shape index (κ3) is 4.45. The molecule has 0 radical (unpaired) electrons. The van der Waals surface area contributed by atoms with Gasteiger partial charge < -0.3 is 0 Å². The molecular weight excluding hydrogens is 651 g/mol. The van der Waals surface area contributed by atoms with E-state index in [-0.39, 0.29) is 0 Å². The summed E-state index contributed by atoms with van der Waals surface area (Å²) >= 11 is 1.86. The van der Waals surface area contributed by atoms with Crippen LogP contribution in [0, 0.1) is 0 Å². The van der Waals surface area contributed by atoms with E-state index in [0.717, 1.165) is 49.9 Å². The number of rotatable bonds is 4. The minimum Gasteiger partial charge on any atom is -0.278 e. The Morgan fingerprint density at radius 3 is 1.90 bits per heavy atom. The van der Waals surface area contributed by atoms with Crippen LogP contribution in [0.4, 0.5) is 0 Å². The van der Waals surface area contributed by atoms with Crippen LogP contribution in [0.15, 0.2) is 176 Å². The monoisotopic (exact) mass is 679 g/mol. The fourth-order valence-corrected chi connectivity index (χ4v) is 9.22. The number of nitrogens with zero attached hydrogens (tertiary/aromatic N) is 3. The first kappa shape index (κ1) is 29.1. The third-order valence-corrected chi connectivity index (χ3v) is 11.6. The van der Waals surface area contributed by atoms with Crippen molar-refractivity contribution in [3.05, 3.63) is 176 Å². The smallest absolute Gasteiger partial charge is 0.235 e. The molecule has 0 saturated heterocycles. The quantitative estimate of drug-likeness (QED) is 0.185. The van der Waals surface area contributed by atoms with E-state index in [2.05, 4.69) is 180 Å². The van der Waals surface area contributed by atoms with Gasteiger partial charge in [-0.15, -0.1) is 11.3 Å². The summed E-state index contributed by atoms with van der Waals surface area (Å²) in [6, 6.07) is 63.1. The molecule has 0 N–H and O–H groups in total. The molecule has 0 aliphatic heterocycles. The van der Waals surface area contributed by atoms with Crippen LogP contribution >= 0.6 is 11.3 Å². The number of fused-ring (bicyclic) bond motifs is 8. The molecule has 0 unspecified atom stereocenters. The van der Waals surface area contributed by atoms with Crippen molar-refractivity contribution in [2.45, 2.75) is 0 Å². The summed E-state index contributed by atoms with van der Waals surface area (Å²) in [5, 5.41) is 8.38. The summed E-state index contributed by atoms with van der Waals surface area (Å²) in [6.45, 7) is 0. The molecule has 52 heavy (non-hydrogen) atoms. The van der Waals surface area contributed by atoms with Gasteiger partial charge in [0.05, 0.1) is 22.2 Å². The second kappa shape index (κ2) is 11.5. The summed E-state index contributed by atoms with van der Waals surface area (Å²) in [7, 11) is 0. The van der Waals surface area contributed by atoms with Crippen molar-refractivity contribution in [3.8, 4) is 39.5 Å². The lowest BCUT2D eigenvalue weighted by atomic mass is 9.91. The first-order valence-electron chi connectivity index (χ1n) is 17.6. The molecule has 0 aliphatic carbocycles. The van der Waals surface area contributed by atoms with E-state index < -0.39 is 0 Å². The van der Waals surface area contributed by atoms with Gasteiger partial charge >= 0.3 is 0 Å². The summed E-state index contributed by atoms with van der Waals surface area (Å²) in [5.74, 6) is 0.659. The van der Waals surface area contributed by atoms with Crippen LogP contribution in [-0.4, -0.2) is 14.5 Å². The second-order valence-corrected chi connectivity index (χ2v) is 14.4. The summed E-state index contributed by atoms with van der Waals surface area (Å²) < 4.78 is 4.83. The summed E-state index contributed by atoms with van der Waals surface area (Å²) in [4.78, 5) is 10.9. The van der Waals surface area contributed by atoms with E-state index in [1.165, 1.54) is 47.3 Å². The number of thiophene rings is 1. The van der Waals surface area contributed by atoms with Gasteiger partial charge in [0, 0.05) is 47.5 Å². The lowest BCUT2D eigenvalue weighted by molar-refractivity contribution is 1.01. The van der Waals surface area contributed by atoms with Gasteiger partial charge in [-0.2, -0.15) is 0 Å². The molecule has 0 atom stereocenters. The van der Waals surface area contributed by atoms with Crippen LogP contribution in [0.25, 0.3) is 103 Å². The van der Waals surface area contributed by atoms with Crippen molar-refractivity contribution < 1.29 is 0 Å². The van der Waals surface area contributed by atoms with Crippen molar-refractivity contribution in [2.24, 2.45) is 0 Å². The lowest BCUT2D eigenvalue weighted by Gasteiger charge is -2.17.